The second-order valence-electron chi connectivity index (χ2n) is 4.40. The quantitative estimate of drug-likeness (QED) is 0.889. The summed E-state index contributed by atoms with van der Waals surface area (Å²) in [5.41, 5.74) is 1.49. The van der Waals surface area contributed by atoms with E-state index in [1.165, 1.54) is 26.4 Å². The van der Waals surface area contributed by atoms with E-state index in [-0.39, 0.29) is 19.0 Å². The van der Waals surface area contributed by atoms with Crippen LogP contribution in [0.1, 0.15) is 11.1 Å². The van der Waals surface area contributed by atoms with Gasteiger partial charge >= 0.3 is 0 Å². The molecule has 0 aliphatic carbocycles. The van der Waals surface area contributed by atoms with Crippen molar-refractivity contribution in [2.24, 2.45) is 0 Å². The fraction of sp³-hybridized carbons (Fsp3) is 0.250. The third kappa shape index (κ3) is 3.64. The highest BCUT2D eigenvalue weighted by Gasteiger charge is 2.14. The van der Waals surface area contributed by atoms with Crippen LogP contribution in [0.15, 0.2) is 36.4 Å². The maximum atomic E-state index is 12.9. The Morgan fingerprint density at radius 2 is 1.52 bits per heavy atom. The molecule has 2 aromatic rings. The molecule has 0 saturated carbocycles. The van der Waals surface area contributed by atoms with Crippen molar-refractivity contribution >= 4 is 0 Å². The molecule has 2 aromatic carbocycles. The van der Waals surface area contributed by atoms with Gasteiger partial charge in [-0.25, -0.2) is 4.39 Å². The van der Waals surface area contributed by atoms with Crippen molar-refractivity contribution in [2.75, 3.05) is 14.2 Å². The van der Waals surface area contributed by atoms with Crippen molar-refractivity contribution < 1.29 is 23.7 Å². The van der Waals surface area contributed by atoms with Crippen LogP contribution in [0.3, 0.4) is 0 Å². The van der Waals surface area contributed by atoms with Crippen LogP contribution in [-0.4, -0.2) is 19.3 Å². The molecule has 2 rings (SSSR count). The number of aliphatic hydroxyl groups is 1. The number of ether oxygens (including phenoxy) is 3. The van der Waals surface area contributed by atoms with Gasteiger partial charge in [-0.3, -0.25) is 0 Å². The lowest BCUT2D eigenvalue weighted by Gasteiger charge is -2.15. The summed E-state index contributed by atoms with van der Waals surface area (Å²) in [5, 5.41) is 9.21. The normalized spacial score (nSPS) is 10.3. The van der Waals surface area contributed by atoms with Crippen molar-refractivity contribution in [2.45, 2.75) is 13.2 Å². The number of halogens is 1. The Kier molecular flexibility index (Phi) is 5.00. The molecule has 0 aromatic heterocycles. The van der Waals surface area contributed by atoms with Crippen LogP contribution in [-0.2, 0) is 13.2 Å². The zero-order valence-electron chi connectivity index (χ0n) is 11.9. The van der Waals surface area contributed by atoms with Gasteiger partial charge in [-0.2, -0.15) is 0 Å². The van der Waals surface area contributed by atoms with E-state index in [1.54, 1.807) is 24.3 Å². The lowest BCUT2D eigenvalue weighted by molar-refractivity contribution is 0.260. The van der Waals surface area contributed by atoms with Gasteiger partial charge in [0.2, 0.25) is 5.75 Å². The van der Waals surface area contributed by atoms with Gasteiger partial charge in [0.15, 0.2) is 11.5 Å². The van der Waals surface area contributed by atoms with Gasteiger partial charge in [-0.15, -0.1) is 0 Å². The summed E-state index contributed by atoms with van der Waals surface area (Å²) in [4.78, 5) is 0. The van der Waals surface area contributed by atoms with Crippen LogP contribution >= 0.6 is 0 Å². The first kappa shape index (κ1) is 15.1. The molecule has 0 saturated heterocycles. The van der Waals surface area contributed by atoms with Crippen molar-refractivity contribution in [3.8, 4) is 17.2 Å². The highest BCUT2D eigenvalue weighted by atomic mass is 19.1. The lowest BCUT2D eigenvalue weighted by atomic mass is 10.2. The molecule has 0 bridgehead atoms. The van der Waals surface area contributed by atoms with Crippen LogP contribution in [0.2, 0.25) is 0 Å². The Balaban J connectivity index is 2.23. The van der Waals surface area contributed by atoms with E-state index in [0.717, 1.165) is 5.56 Å². The second kappa shape index (κ2) is 6.95. The minimum absolute atomic E-state index is 0.120. The van der Waals surface area contributed by atoms with Crippen molar-refractivity contribution in [1.29, 1.82) is 0 Å². The molecule has 0 fully saturated rings. The highest BCUT2D eigenvalue weighted by Crippen LogP contribution is 2.39. The molecule has 0 amide bonds. The number of hydrogen-bond donors (Lipinski definition) is 1. The maximum absolute atomic E-state index is 12.9. The Hall–Kier alpha value is -2.27. The first-order valence-corrected chi connectivity index (χ1v) is 6.41. The summed E-state index contributed by atoms with van der Waals surface area (Å²) in [5.74, 6) is 1.10. The molecule has 21 heavy (non-hydrogen) atoms. The monoisotopic (exact) mass is 292 g/mol. The molecular weight excluding hydrogens is 275 g/mol. The van der Waals surface area contributed by atoms with E-state index < -0.39 is 0 Å². The maximum Gasteiger partial charge on any atom is 0.203 e. The molecule has 0 aliphatic rings. The standard InChI is InChI=1S/C16H17FO4/c1-19-14-7-12(9-18)8-15(20-2)16(14)21-10-11-3-5-13(17)6-4-11/h3-8,18H,9-10H2,1-2H3. The van der Waals surface area contributed by atoms with E-state index >= 15 is 0 Å². The molecule has 0 radical (unpaired) electrons. The Bertz CT molecular complexity index is 571. The highest BCUT2D eigenvalue weighted by molar-refractivity contribution is 5.53. The van der Waals surface area contributed by atoms with Gasteiger partial charge in [0.25, 0.3) is 0 Å². The molecule has 0 aliphatic heterocycles. The first-order chi connectivity index (χ1) is 10.2. The first-order valence-electron chi connectivity index (χ1n) is 6.41. The van der Waals surface area contributed by atoms with Gasteiger partial charge < -0.3 is 19.3 Å². The molecular formula is C16H17FO4. The third-order valence-corrected chi connectivity index (χ3v) is 3.00. The number of aliphatic hydroxyl groups excluding tert-OH is 1. The van der Waals surface area contributed by atoms with Crippen molar-refractivity contribution in [3.63, 3.8) is 0 Å². The van der Waals surface area contributed by atoms with Crippen LogP contribution in [0.5, 0.6) is 17.2 Å². The molecule has 0 heterocycles. The molecule has 112 valence electrons. The summed E-state index contributed by atoms with van der Waals surface area (Å²) in [6.45, 7) is 0.135. The average Bonchev–Trinajstić information content (AvgIpc) is 2.53. The van der Waals surface area contributed by atoms with Crippen molar-refractivity contribution in [1.82, 2.24) is 0 Å². The minimum Gasteiger partial charge on any atom is -0.493 e. The molecule has 4 nitrogen and oxygen atoms in total. The largest absolute Gasteiger partial charge is 0.493 e. The molecule has 5 heteroatoms. The summed E-state index contributed by atoms with van der Waals surface area (Å²) in [6.07, 6.45) is 0. The number of methoxy groups -OCH3 is 2. The predicted molar refractivity (Wildman–Crippen MR) is 76.2 cm³/mol. The Labute approximate surface area is 122 Å². The summed E-state index contributed by atoms with van der Waals surface area (Å²) >= 11 is 0. The summed E-state index contributed by atoms with van der Waals surface area (Å²) in [6, 6.07) is 9.42. The lowest BCUT2D eigenvalue weighted by Crippen LogP contribution is -2.01. The SMILES string of the molecule is COc1cc(CO)cc(OC)c1OCc1ccc(F)cc1. The van der Waals surface area contributed by atoms with E-state index in [2.05, 4.69) is 0 Å². The van der Waals surface area contributed by atoms with Crippen LogP contribution < -0.4 is 14.2 Å². The van der Waals surface area contributed by atoms with Gasteiger partial charge in [-0.05, 0) is 35.4 Å². The molecule has 0 unspecified atom stereocenters. The Morgan fingerprint density at radius 1 is 0.952 bits per heavy atom. The van der Waals surface area contributed by atoms with Crippen LogP contribution in [0.25, 0.3) is 0 Å². The van der Waals surface area contributed by atoms with Gasteiger partial charge in [-0.1, -0.05) is 12.1 Å². The minimum atomic E-state index is -0.291. The number of benzene rings is 2. The van der Waals surface area contributed by atoms with Gasteiger partial charge in [0, 0.05) is 0 Å². The zero-order chi connectivity index (χ0) is 15.2. The summed E-state index contributed by atoms with van der Waals surface area (Å²) < 4.78 is 29.1. The number of rotatable bonds is 6. The molecule has 0 atom stereocenters. The van der Waals surface area contributed by atoms with Crippen LogP contribution in [0, 0.1) is 5.82 Å². The van der Waals surface area contributed by atoms with Crippen LogP contribution in [0.4, 0.5) is 4.39 Å². The van der Waals surface area contributed by atoms with E-state index in [9.17, 15) is 9.50 Å². The van der Waals surface area contributed by atoms with E-state index in [4.69, 9.17) is 14.2 Å². The fourth-order valence-corrected chi connectivity index (χ4v) is 1.90. The molecule has 0 spiro atoms. The average molecular weight is 292 g/mol. The zero-order valence-corrected chi connectivity index (χ0v) is 11.9. The van der Waals surface area contributed by atoms with E-state index in [1.807, 2.05) is 0 Å². The molecule has 1 N–H and O–H groups in total. The fourth-order valence-electron chi connectivity index (χ4n) is 1.90. The smallest absolute Gasteiger partial charge is 0.203 e. The third-order valence-electron chi connectivity index (χ3n) is 3.00. The van der Waals surface area contributed by atoms with Gasteiger partial charge in [0.05, 0.1) is 20.8 Å². The number of hydrogen-bond acceptors (Lipinski definition) is 4. The van der Waals surface area contributed by atoms with Gasteiger partial charge in [0.1, 0.15) is 12.4 Å². The predicted octanol–water partition coefficient (Wildman–Crippen LogP) is 2.91. The topological polar surface area (TPSA) is 47.9 Å². The van der Waals surface area contributed by atoms with E-state index in [0.29, 0.717) is 22.8 Å². The second-order valence-corrected chi connectivity index (χ2v) is 4.40. The Morgan fingerprint density at radius 3 is 2.00 bits per heavy atom. The van der Waals surface area contributed by atoms with Crippen molar-refractivity contribution in [3.05, 3.63) is 53.3 Å². The summed E-state index contributed by atoms with van der Waals surface area (Å²) in [7, 11) is 3.03.